The predicted molar refractivity (Wildman–Crippen MR) is 80.6 cm³/mol. The molecule has 1 unspecified atom stereocenters. The Hall–Kier alpha value is -0.970. The Morgan fingerprint density at radius 1 is 1.37 bits per heavy atom. The Morgan fingerprint density at radius 3 is 2.68 bits per heavy atom. The molecule has 0 aromatic carbocycles. The van der Waals surface area contributed by atoms with Gasteiger partial charge in [-0.15, -0.1) is 0 Å². The molecule has 0 spiro atoms. The van der Waals surface area contributed by atoms with Crippen molar-refractivity contribution >= 4 is 16.9 Å². The van der Waals surface area contributed by atoms with Crippen molar-refractivity contribution in [2.45, 2.75) is 52.3 Å². The van der Waals surface area contributed by atoms with E-state index in [1.807, 2.05) is 25.6 Å². The zero-order valence-corrected chi connectivity index (χ0v) is 13.0. The highest BCUT2D eigenvalue weighted by molar-refractivity contribution is 8.14. The van der Waals surface area contributed by atoms with Crippen molar-refractivity contribution in [3.05, 3.63) is 17.0 Å². The Morgan fingerprint density at radius 2 is 2.11 bits per heavy atom. The van der Waals surface area contributed by atoms with E-state index in [4.69, 9.17) is 4.52 Å². The van der Waals surface area contributed by atoms with Gasteiger partial charge >= 0.3 is 0 Å². The third kappa shape index (κ3) is 3.32. The van der Waals surface area contributed by atoms with Crippen LogP contribution in [0, 0.1) is 19.8 Å². The molecule has 0 aliphatic carbocycles. The largest absolute Gasteiger partial charge is 0.361 e. The van der Waals surface area contributed by atoms with Gasteiger partial charge in [-0.3, -0.25) is 4.99 Å². The van der Waals surface area contributed by atoms with Gasteiger partial charge < -0.3 is 9.84 Å². The first-order chi connectivity index (χ1) is 9.15. The van der Waals surface area contributed by atoms with Gasteiger partial charge in [-0.1, -0.05) is 43.6 Å². The van der Waals surface area contributed by atoms with Crippen LogP contribution in [0.3, 0.4) is 0 Å². The molecular weight excluding hydrogens is 258 g/mol. The van der Waals surface area contributed by atoms with Crippen LogP contribution in [0.5, 0.6) is 0 Å². The molecule has 2 rings (SSSR count). The van der Waals surface area contributed by atoms with Gasteiger partial charge in [0.2, 0.25) is 0 Å². The molecular formula is C14H23N3OS. The summed E-state index contributed by atoms with van der Waals surface area (Å²) in [5.74, 6) is 1.66. The van der Waals surface area contributed by atoms with Gasteiger partial charge in [0.1, 0.15) is 5.76 Å². The summed E-state index contributed by atoms with van der Waals surface area (Å²) in [5, 5.41) is 9.09. The second-order valence-corrected chi connectivity index (χ2v) is 6.26. The third-order valence-corrected chi connectivity index (χ3v) is 5.18. The summed E-state index contributed by atoms with van der Waals surface area (Å²) >= 11 is 1.89. The Balaban J connectivity index is 1.86. The molecule has 1 N–H and O–H groups in total. The molecule has 19 heavy (non-hydrogen) atoms. The maximum Gasteiger partial charge on any atom is 0.157 e. The van der Waals surface area contributed by atoms with Gasteiger partial charge in [0.25, 0.3) is 0 Å². The topological polar surface area (TPSA) is 50.4 Å². The number of aromatic nitrogens is 1. The Bertz CT molecular complexity index is 432. The van der Waals surface area contributed by atoms with E-state index < -0.39 is 0 Å². The number of aliphatic imine (C=N–C) groups is 1. The summed E-state index contributed by atoms with van der Waals surface area (Å²) in [5.41, 5.74) is 2.11. The van der Waals surface area contributed by atoms with Crippen LogP contribution in [-0.2, 0) is 6.54 Å². The van der Waals surface area contributed by atoms with Crippen LogP contribution in [0.4, 0.5) is 0 Å². The van der Waals surface area contributed by atoms with Crippen LogP contribution in [0.15, 0.2) is 9.52 Å². The first kappa shape index (κ1) is 14.4. The van der Waals surface area contributed by atoms with E-state index in [2.05, 4.69) is 29.3 Å². The average Bonchev–Trinajstić information content (AvgIpc) is 2.98. The second kappa shape index (κ2) is 6.46. The molecule has 0 saturated heterocycles. The fourth-order valence-corrected chi connectivity index (χ4v) is 3.78. The molecule has 0 fully saturated rings. The molecule has 1 atom stereocenters. The van der Waals surface area contributed by atoms with Crippen LogP contribution in [0.2, 0.25) is 0 Å². The van der Waals surface area contributed by atoms with Crippen LogP contribution in [0.1, 0.15) is 43.7 Å². The van der Waals surface area contributed by atoms with Crippen molar-refractivity contribution < 1.29 is 4.52 Å². The van der Waals surface area contributed by atoms with Gasteiger partial charge in [-0.05, 0) is 19.8 Å². The quantitative estimate of drug-likeness (QED) is 0.900. The number of hydrogen-bond acceptors (Lipinski definition) is 5. The van der Waals surface area contributed by atoms with Crippen LogP contribution >= 0.6 is 11.8 Å². The highest BCUT2D eigenvalue weighted by Gasteiger charge is 2.25. The molecule has 2 heterocycles. The van der Waals surface area contributed by atoms with Gasteiger partial charge in [-0.25, -0.2) is 0 Å². The van der Waals surface area contributed by atoms with Gasteiger partial charge in [0, 0.05) is 17.4 Å². The smallest absolute Gasteiger partial charge is 0.157 e. The van der Waals surface area contributed by atoms with Crippen LogP contribution in [-0.4, -0.2) is 22.1 Å². The number of hydrogen-bond donors (Lipinski definition) is 1. The van der Waals surface area contributed by atoms with E-state index in [0.717, 1.165) is 41.2 Å². The lowest BCUT2D eigenvalue weighted by Gasteiger charge is -2.18. The van der Waals surface area contributed by atoms with E-state index in [9.17, 15) is 0 Å². The average molecular weight is 281 g/mol. The van der Waals surface area contributed by atoms with Crippen molar-refractivity contribution in [2.24, 2.45) is 10.9 Å². The summed E-state index contributed by atoms with van der Waals surface area (Å²) in [7, 11) is 0. The molecule has 1 aromatic heterocycles. The van der Waals surface area contributed by atoms with Crippen LogP contribution < -0.4 is 5.32 Å². The van der Waals surface area contributed by atoms with E-state index in [0.29, 0.717) is 5.25 Å². The van der Waals surface area contributed by atoms with E-state index >= 15 is 0 Å². The highest BCUT2D eigenvalue weighted by Crippen LogP contribution is 2.30. The molecule has 1 aliphatic rings. The molecule has 5 heteroatoms. The minimum absolute atomic E-state index is 0.641. The molecule has 106 valence electrons. The highest BCUT2D eigenvalue weighted by atomic mass is 32.2. The molecule has 1 aromatic rings. The predicted octanol–water partition coefficient (Wildman–Crippen LogP) is 3.29. The lowest BCUT2D eigenvalue weighted by atomic mass is 9.99. The summed E-state index contributed by atoms with van der Waals surface area (Å²) in [6.07, 6.45) is 2.47. The number of aryl methyl sites for hydroxylation is 2. The number of nitrogens with zero attached hydrogens (tertiary/aromatic N) is 2. The standard InChI is InChI=1S/C14H23N3OS/c1-5-11(6-2)13-8-16-14(19-13)15-7-12-9(3)17-18-10(12)4/h11,13H,5-8H2,1-4H3,(H,15,16). The van der Waals surface area contributed by atoms with Gasteiger partial charge in [0.05, 0.1) is 12.2 Å². The molecule has 0 radical (unpaired) electrons. The summed E-state index contributed by atoms with van der Waals surface area (Å²) < 4.78 is 5.17. The molecule has 1 aliphatic heterocycles. The minimum Gasteiger partial charge on any atom is -0.361 e. The first-order valence-corrected chi connectivity index (χ1v) is 7.90. The zero-order valence-electron chi connectivity index (χ0n) is 12.2. The lowest BCUT2D eigenvalue weighted by Crippen LogP contribution is -2.21. The SMILES string of the molecule is CCC(CC)C1CN=C(NCc2c(C)noc2C)S1. The lowest BCUT2D eigenvalue weighted by molar-refractivity contribution is 0.392. The monoisotopic (exact) mass is 281 g/mol. The number of thioether (sulfide) groups is 1. The summed E-state index contributed by atoms with van der Waals surface area (Å²) in [4.78, 5) is 4.61. The normalized spacial score (nSPS) is 19.0. The zero-order chi connectivity index (χ0) is 13.8. The van der Waals surface area contributed by atoms with Crippen LogP contribution in [0.25, 0.3) is 0 Å². The molecule has 4 nitrogen and oxygen atoms in total. The van der Waals surface area contributed by atoms with E-state index in [-0.39, 0.29) is 0 Å². The van der Waals surface area contributed by atoms with Crippen molar-refractivity contribution in [1.82, 2.24) is 10.5 Å². The van der Waals surface area contributed by atoms with Crippen molar-refractivity contribution in [3.8, 4) is 0 Å². The second-order valence-electron chi connectivity index (χ2n) is 5.03. The molecule has 0 bridgehead atoms. The first-order valence-electron chi connectivity index (χ1n) is 7.02. The third-order valence-electron chi connectivity index (χ3n) is 3.85. The minimum atomic E-state index is 0.641. The van der Waals surface area contributed by atoms with Crippen molar-refractivity contribution in [1.29, 1.82) is 0 Å². The number of amidine groups is 1. The van der Waals surface area contributed by atoms with Gasteiger partial charge in [0.15, 0.2) is 5.17 Å². The van der Waals surface area contributed by atoms with E-state index in [1.54, 1.807) is 0 Å². The van der Waals surface area contributed by atoms with E-state index in [1.165, 1.54) is 12.8 Å². The van der Waals surface area contributed by atoms with Gasteiger partial charge in [-0.2, -0.15) is 0 Å². The fraction of sp³-hybridized carbons (Fsp3) is 0.714. The summed E-state index contributed by atoms with van der Waals surface area (Å²) in [6, 6.07) is 0. The maximum atomic E-state index is 5.17. The molecule has 0 amide bonds. The fourth-order valence-electron chi connectivity index (χ4n) is 2.47. The number of nitrogens with one attached hydrogen (secondary N) is 1. The molecule has 0 saturated carbocycles. The van der Waals surface area contributed by atoms with Crippen molar-refractivity contribution in [2.75, 3.05) is 6.54 Å². The maximum absolute atomic E-state index is 5.17. The van der Waals surface area contributed by atoms with Crippen molar-refractivity contribution in [3.63, 3.8) is 0 Å². The number of rotatable bonds is 5. The summed E-state index contributed by atoms with van der Waals surface area (Å²) in [6.45, 7) is 10.2. The Kier molecular flexibility index (Phi) is 4.91. The Labute approximate surface area is 119 Å².